The summed E-state index contributed by atoms with van der Waals surface area (Å²) in [6, 6.07) is 12.8. The van der Waals surface area contributed by atoms with Crippen LogP contribution in [0.3, 0.4) is 0 Å². The Balaban J connectivity index is 1.78. The molecule has 0 bridgehead atoms. The zero-order valence-corrected chi connectivity index (χ0v) is 19.2. The van der Waals surface area contributed by atoms with Gasteiger partial charge < -0.3 is 14.2 Å². The van der Waals surface area contributed by atoms with E-state index in [0.717, 1.165) is 11.1 Å². The molecule has 0 aliphatic heterocycles. The van der Waals surface area contributed by atoms with Crippen molar-refractivity contribution in [1.29, 1.82) is 0 Å². The quantitative estimate of drug-likeness (QED) is 0.319. The number of rotatable bonds is 8. The zero-order chi connectivity index (χ0) is 23.5. The van der Waals surface area contributed by atoms with Crippen molar-refractivity contribution in [2.24, 2.45) is 0 Å². The molecule has 0 fully saturated rings. The summed E-state index contributed by atoms with van der Waals surface area (Å²) < 4.78 is 16.0. The molecule has 32 heavy (non-hydrogen) atoms. The average Bonchev–Trinajstić information content (AvgIpc) is 2.79. The van der Waals surface area contributed by atoms with Crippen molar-refractivity contribution >= 4 is 35.2 Å². The standard InChI is InChI=1S/C23H27N3O5S/c1-15(2)17-7-5-6-8-18(17)31-14-22(28)25-26-23(32)24-21(27)12-10-16-9-11-19(29-3)20(13-16)30-4/h5-13,15H,14H2,1-4H3,(H,25,28)(H2,24,26,27,32)/b12-10+. The summed E-state index contributed by atoms with van der Waals surface area (Å²) in [5, 5.41) is 2.38. The lowest BCUT2D eigenvalue weighted by Gasteiger charge is -2.14. The molecule has 0 spiro atoms. The van der Waals surface area contributed by atoms with Gasteiger partial charge in [-0.1, -0.05) is 38.1 Å². The number of carbonyl (C=O) groups is 2. The third kappa shape index (κ3) is 7.59. The zero-order valence-electron chi connectivity index (χ0n) is 18.4. The predicted octanol–water partition coefficient (Wildman–Crippen LogP) is 2.94. The molecule has 2 amide bonds. The highest BCUT2D eigenvalue weighted by molar-refractivity contribution is 7.80. The Labute approximate surface area is 192 Å². The summed E-state index contributed by atoms with van der Waals surface area (Å²) in [4.78, 5) is 24.0. The summed E-state index contributed by atoms with van der Waals surface area (Å²) in [6.07, 6.45) is 2.90. The van der Waals surface area contributed by atoms with E-state index in [-0.39, 0.29) is 17.6 Å². The molecule has 8 nitrogen and oxygen atoms in total. The molecule has 0 radical (unpaired) electrons. The van der Waals surface area contributed by atoms with Gasteiger partial charge in [0, 0.05) is 6.08 Å². The summed E-state index contributed by atoms with van der Waals surface area (Å²) in [5.41, 5.74) is 6.60. The van der Waals surface area contributed by atoms with Crippen LogP contribution in [0.4, 0.5) is 0 Å². The second-order valence-electron chi connectivity index (χ2n) is 6.92. The minimum Gasteiger partial charge on any atom is -0.493 e. The molecule has 2 rings (SSSR count). The van der Waals surface area contributed by atoms with Crippen molar-refractivity contribution in [3.05, 3.63) is 59.7 Å². The average molecular weight is 458 g/mol. The summed E-state index contributed by atoms with van der Waals surface area (Å²) in [7, 11) is 3.08. The molecule has 9 heteroatoms. The van der Waals surface area contributed by atoms with Crippen LogP contribution in [0.1, 0.15) is 30.9 Å². The second kappa shape index (κ2) is 12.3. The van der Waals surface area contributed by atoms with Crippen molar-refractivity contribution in [1.82, 2.24) is 16.2 Å². The fourth-order valence-corrected chi connectivity index (χ4v) is 2.86. The van der Waals surface area contributed by atoms with Gasteiger partial charge in [-0.15, -0.1) is 0 Å². The number of benzene rings is 2. The van der Waals surface area contributed by atoms with Crippen molar-refractivity contribution in [2.45, 2.75) is 19.8 Å². The molecule has 2 aromatic carbocycles. The lowest BCUT2D eigenvalue weighted by molar-refractivity contribution is -0.123. The molecular weight excluding hydrogens is 430 g/mol. The Morgan fingerprint density at radius 3 is 2.41 bits per heavy atom. The second-order valence-corrected chi connectivity index (χ2v) is 7.33. The molecule has 3 N–H and O–H groups in total. The van der Waals surface area contributed by atoms with E-state index in [2.05, 4.69) is 16.2 Å². The largest absolute Gasteiger partial charge is 0.493 e. The van der Waals surface area contributed by atoms with Crippen molar-refractivity contribution < 1.29 is 23.8 Å². The first kappa shape index (κ1) is 24.7. The topological polar surface area (TPSA) is 97.9 Å². The third-order valence-corrected chi connectivity index (χ3v) is 4.49. The maximum absolute atomic E-state index is 12.0. The van der Waals surface area contributed by atoms with Crippen LogP contribution >= 0.6 is 12.2 Å². The molecule has 0 aromatic heterocycles. The number of ether oxygens (including phenoxy) is 3. The molecule has 0 saturated carbocycles. The van der Waals surface area contributed by atoms with Crippen LogP contribution in [0.15, 0.2) is 48.5 Å². The van der Waals surface area contributed by atoms with Crippen LogP contribution < -0.4 is 30.4 Å². The monoisotopic (exact) mass is 457 g/mol. The number of para-hydroxylation sites is 1. The number of hydrogen-bond donors (Lipinski definition) is 3. The Kier molecular flexibility index (Phi) is 9.49. The highest BCUT2D eigenvalue weighted by atomic mass is 32.1. The number of nitrogens with one attached hydrogen (secondary N) is 3. The van der Waals surface area contributed by atoms with Gasteiger partial charge in [-0.05, 0) is 53.5 Å². The minimum atomic E-state index is -0.464. The molecule has 0 aliphatic carbocycles. The number of amides is 2. The van der Waals surface area contributed by atoms with Crippen LogP contribution in [-0.4, -0.2) is 37.8 Å². The Morgan fingerprint density at radius 1 is 1.00 bits per heavy atom. The van der Waals surface area contributed by atoms with Crippen molar-refractivity contribution in [3.8, 4) is 17.2 Å². The van der Waals surface area contributed by atoms with E-state index < -0.39 is 11.8 Å². The Morgan fingerprint density at radius 2 is 1.72 bits per heavy atom. The Hall–Kier alpha value is -3.59. The van der Waals surface area contributed by atoms with Gasteiger partial charge >= 0.3 is 0 Å². The first-order valence-electron chi connectivity index (χ1n) is 9.85. The SMILES string of the molecule is COc1ccc(/C=C/C(=O)NC(=S)NNC(=O)COc2ccccc2C(C)C)cc1OC. The third-order valence-electron chi connectivity index (χ3n) is 4.29. The van der Waals surface area contributed by atoms with Gasteiger partial charge in [-0.2, -0.15) is 0 Å². The molecule has 0 atom stereocenters. The van der Waals surface area contributed by atoms with E-state index >= 15 is 0 Å². The molecule has 0 saturated heterocycles. The lowest BCUT2D eigenvalue weighted by atomic mass is 10.0. The predicted molar refractivity (Wildman–Crippen MR) is 127 cm³/mol. The summed E-state index contributed by atoms with van der Waals surface area (Å²) >= 11 is 5.02. The number of hydrogen-bond acceptors (Lipinski definition) is 6. The molecule has 0 unspecified atom stereocenters. The minimum absolute atomic E-state index is 0.0529. The molecule has 0 heterocycles. The number of carbonyl (C=O) groups excluding carboxylic acids is 2. The van der Waals surface area contributed by atoms with Gasteiger partial charge in [0.2, 0.25) is 5.91 Å². The van der Waals surface area contributed by atoms with Gasteiger partial charge in [-0.3, -0.25) is 25.8 Å². The van der Waals surface area contributed by atoms with Crippen LogP contribution in [0.2, 0.25) is 0 Å². The van der Waals surface area contributed by atoms with Gasteiger partial charge in [0.15, 0.2) is 23.2 Å². The van der Waals surface area contributed by atoms with Crippen LogP contribution in [0.5, 0.6) is 17.2 Å². The van der Waals surface area contributed by atoms with Crippen LogP contribution in [0, 0.1) is 0 Å². The number of methoxy groups -OCH3 is 2. The van der Waals surface area contributed by atoms with E-state index in [4.69, 9.17) is 26.4 Å². The molecular formula is C23H27N3O5S. The van der Waals surface area contributed by atoms with Gasteiger partial charge in [-0.25, -0.2) is 0 Å². The summed E-state index contributed by atoms with van der Waals surface area (Å²) in [5.74, 6) is 1.14. The first-order valence-corrected chi connectivity index (χ1v) is 10.3. The maximum atomic E-state index is 12.0. The van der Waals surface area contributed by atoms with Crippen molar-refractivity contribution in [3.63, 3.8) is 0 Å². The van der Waals surface area contributed by atoms with E-state index in [0.29, 0.717) is 17.2 Å². The lowest BCUT2D eigenvalue weighted by Crippen LogP contribution is -2.49. The fourth-order valence-electron chi connectivity index (χ4n) is 2.71. The van der Waals surface area contributed by atoms with Crippen LogP contribution in [0.25, 0.3) is 6.08 Å². The molecule has 170 valence electrons. The van der Waals surface area contributed by atoms with Crippen LogP contribution in [-0.2, 0) is 9.59 Å². The fraction of sp³-hybridized carbons (Fsp3) is 0.261. The van der Waals surface area contributed by atoms with Gasteiger partial charge in [0.1, 0.15) is 5.75 Å². The van der Waals surface area contributed by atoms with E-state index in [1.54, 1.807) is 31.4 Å². The van der Waals surface area contributed by atoms with E-state index in [9.17, 15) is 9.59 Å². The van der Waals surface area contributed by atoms with E-state index in [1.165, 1.54) is 13.2 Å². The van der Waals surface area contributed by atoms with E-state index in [1.807, 2.05) is 38.1 Å². The Bertz CT molecular complexity index is 991. The molecule has 0 aliphatic rings. The smallest absolute Gasteiger partial charge is 0.276 e. The number of hydrazine groups is 1. The van der Waals surface area contributed by atoms with Gasteiger partial charge in [0.25, 0.3) is 5.91 Å². The highest BCUT2D eigenvalue weighted by Gasteiger charge is 2.10. The highest BCUT2D eigenvalue weighted by Crippen LogP contribution is 2.28. The first-order chi connectivity index (χ1) is 15.3. The molecule has 2 aromatic rings. The summed E-state index contributed by atoms with van der Waals surface area (Å²) in [6.45, 7) is 3.89. The van der Waals surface area contributed by atoms with Gasteiger partial charge in [0.05, 0.1) is 14.2 Å². The van der Waals surface area contributed by atoms with Crippen molar-refractivity contribution in [2.75, 3.05) is 20.8 Å². The number of thiocarbonyl (C=S) groups is 1. The maximum Gasteiger partial charge on any atom is 0.276 e. The normalized spacial score (nSPS) is 10.5.